The number of ether oxygens (including phenoxy) is 2. The number of nitrogens with one attached hydrogen (secondary N) is 1. The zero-order valence-corrected chi connectivity index (χ0v) is 16.9. The highest BCUT2D eigenvalue weighted by atomic mass is 19.2. The van der Waals surface area contributed by atoms with Crippen LogP contribution in [0.25, 0.3) is 0 Å². The number of amides is 1. The van der Waals surface area contributed by atoms with Gasteiger partial charge in [0.25, 0.3) is 5.91 Å². The van der Waals surface area contributed by atoms with Crippen LogP contribution in [-0.2, 0) is 16.1 Å². The van der Waals surface area contributed by atoms with E-state index in [4.69, 9.17) is 14.6 Å². The molecule has 1 amide bonds. The number of rotatable bonds is 10. The average molecular weight is 430 g/mol. The predicted octanol–water partition coefficient (Wildman–Crippen LogP) is 3.13. The molecule has 2 aromatic carbocycles. The van der Waals surface area contributed by atoms with Crippen LogP contribution in [0.4, 0.5) is 8.78 Å². The molecule has 1 atom stereocenters. The Balaban J connectivity index is 1.70. The van der Waals surface area contributed by atoms with Gasteiger partial charge in [-0.15, -0.1) is 6.58 Å². The first-order chi connectivity index (χ1) is 15.0. The summed E-state index contributed by atoms with van der Waals surface area (Å²) in [6, 6.07) is 10.5. The quantitative estimate of drug-likeness (QED) is 0.448. The molecule has 0 bridgehead atoms. The molecule has 0 spiro atoms. The molecule has 3 rings (SSSR count). The summed E-state index contributed by atoms with van der Waals surface area (Å²) >= 11 is 0. The highest BCUT2D eigenvalue weighted by molar-refractivity contribution is 6.00. The van der Waals surface area contributed by atoms with E-state index in [-0.39, 0.29) is 26.2 Å². The van der Waals surface area contributed by atoms with Crippen LogP contribution in [-0.4, -0.2) is 42.3 Å². The molecule has 0 aromatic heterocycles. The molecule has 2 aromatic rings. The molecule has 0 saturated carbocycles. The number of carbonyl (C=O) groups excluding carboxylic acids is 1. The van der Waals surface area contributed by atoms with E-state index in [1.165, 1.54) is 6.07 Å². The van der Waals surface area contributed by atoms with Gasteiger partial charge in [-0.05, 0) is 42.0 Å². The molecule has 31 heavy (non-hydrogen) atoms. The zero-order valence-electron chi connectivity index (χ0n) is 16.9. The third kappa shape index (κ3) is 5.46. The smallest absolute Gasteiger partial charge is 0.252 e. The van der Waals surface area contributed by atoms with E-state index in [2.05, 4.69) is 16.9 Å². The van der Waals surface area contributed by atoms with Crippen molar-refractivity contribution in [2.75, 3.05) is 19.8 Å². The van der Waals surface area contributed by atoms with Gasteiger partial charge in [0, 0.05) is 31.6 Å². The maximum Gasteiger partial charge on any atom is 0.252 e. The van der Waals surface area contributed by atoms with Gasteiger partial charge < -0.3 is 19.9 Å². The van der Waals surface area contributed by atoms with Crippen LogP contribution in [0.15, 0.2) is 60.1 Å². The highest BCUT2D eigenvalue weighted by Gasteiger charge is 2.43. The van der Waals surface area contributed by atoms with Crippen molar-refractivity contribution in [1.29, 1.82) is 0 Å². The van der Waals surface area contributed by atoms with Crippen molar-refractivity contribution in [3.8, 4) is 5.75 Å². The molecule has 0 aliphatic carbocycles. The Bertz CT molecular complexity index is 963. The van der Waals surface area contributed by atoms with Crippen molar-refractivity contribution in [3.63, 3.8) is 0 Å². The number of aliphatic imine (C=N–C) groups is 1. The maximum absolute atomic E-state index is 13.4. The Morgan fingerprint density at radius 1 is 1.26 bits per heavy atom. The third-order valence-electron chi connectivity index (χ3n) is 4.78. The van der Waals surface area contributed by atoms with E-state index in [0.717, 1.165) is 12.1 Å². The van der Waals surface area contributed by atoms with Gasteiger partial charge in [0.2, 0.25) is 5.90 Å². The minimum Gasteiger partial charge on any atom is -0.494 e. The number of hydrogen-bond acceptors (Lipinski definition) is 5. The molecule has 6 nitrogen and oxygen atoms in total. The Kier molecular flexibility index (Phi) is 7.36. The minimum atomic E-state index is -1.19. The lowest BCUT2D eigenvalue weighted by Crippen LogP contribution is -2.46. The van der Waals surface area contributed by atoms with Crippen molar-refractivity contribution in [3.05, 3.63) is 77.9 Å². The lowest BCUT2D eigenvalue weighted by molar-refractivity contribution is -0.126. The van der Waals surface area contributed by atoms with Crippen molar-refractivity contribution < 1.29 is 28.2 Å². The van der Waals surface area contributed by atoms with Gasteiger partial charge in [-0.2, -0.15) is 0 Å². The van der Waals surface area contributed by atoms with Gasteiger partial charge >= 0.3 is 0 Å². The van der Waals surface area contributed by atoms with Gasteiger partial charge in [0.1, 0.15) is 12.4 Å². The Morgan fingerprint density at radius 2 is 2.03 bits per heavy atom. The first kappa shape index (κ1) is 22.4. The van der Waals surface area contributed by atoms with Crippen LogP contribution in [0, 0.1) is 11.6 Å². The summed E-state index contributed by atoms with van der Waals surface area (Å²) in [5, 5.41) is 11.5. The average Bonchev–Trinajstić information content (AvgIpc) is 3.21. The van der Waals surface area contributed by atoms with Crippen molar-refractivity contribution in [2.45, 2.75) is 24.9 Å². The van der Waals surface area contributed by atoms with Crippen LogP contribution in [0.5, 0.6) is 5.75 Å². The van der Waals surface area contributed by atoms with Gasteiger partial charge in [0.15, 0.2) is 17.2 Å². The maximum atomic E-state index is 13.4. The summed E-state index contributed by atoms with van der Waals surface area (Å²) in [5.41, 5.74) is -0.0684. The fourth-order valence-corrected chi connectivity index (χ4v) is 3.09. The molecule has 0 saturated heterocycles. The Hall–Kier alpha value is -3.26. The second-order valence-corrected chi connectivity index (χ2v) is 7.11. The highest BCUT2D eigenvalue weighted by Crippen LogP contribution is 2.27. The molecule has 2 N–H and O–H groups in total. The Morgan fingerprint density at radius 3 is 2.71 bits per heavy atom. The molecule has 1 aliphatic heterocycles. The van der Waals surface area contributed by atoms with Gasteiger partial charge in [-0.3, -0.25) is 4.79 Å². The number of nitrogens with zero attached hydrogens (tertiary/aromatic N) is 1. The molecule has 0 fully saturated rings. The summed E-state index contributed by atoms with van der Waals surface area (Å²) in [7, 11) is 0. The summed E-state index contributed by atoms with van der Waals surface area (Å²) in [4.78, 5) is 17.4. The molecule has 0 unspecified atom stereocenters. The fraction of sp³-hybridized carbons (Fsp3) is 0.304. The van der Waals surface area contributed by atoms with Crippen LogP contribution < -0.4 is 10.1 Å². The van der Waals surface area contributed by atoms with Crippen molar-refractivity contribution in [1.82, 2.24) is 5.32 Å². The van der Waals surface area contributed by atoms with E-state index in [1.54, 1.807) is 30.3 Å². The van der Waals surface area contributed by atoms with Gasteiger partial charge in [-0.25, -0.2) is 13.8 Å². The Labute approximate surface area is 179 Å². The molecule has 1 aliphatic rings. The number of benzene rings is 2. The third-order valence-corrected chi connectivity index (χ3v) is 4.78. The predicted molar refractivity (Wildman–Crippen MR) is 112 cm³/mol. The first-order valence-electron chi connectivity index (χ1n) is 9.87. The normalized spacial score (nSPS) is 17.6. The van der Waals surface area contributed by atoms with Crippen LogP contribution in [0.2, 0.25) is 0 Å². The summed E-state index contributed by atoms with van der Waals surface area (Å²) < 4.78 is 37.7. The second kappa shape index (κ2) is 10.2. The molecule has 8 heteroatoms. The first-order valence-corrected chi connectivity index (χ1v) is 9.87. The number of aliphatic hydroxyl groups is 1. The number of aliphatic hydroxyl groups excluding tert-OH is 1. The minimum absolute atomic E-state index is 0.0274. The standard InChI is InChI=1S/C23H24F2N2O4/c1-2-10-23(22(29)26-14-16-4-9-19(24)20(25)13-16)15-31-21(27-23)17-5-7-18(8-6-17)30-12-3-11-28/h2,4-9,13,28H,1,3,10-12,14-15H2,(H,26,29)/t23-/m1/s1. The summed E-state index contributed by atoms with van der Waals surface area (Å²) in [6.45, 7) is 4.24. The molecule has 1 heterocycles. The molecular weight excluding hydrogens is 406 g/mol. The zero-order chi connectivity index (χ0) is 22.3. The molecule has 0 radical (unpaired) electrons. The molecular formula is C23H24F2N2O4. The molecule has 164 valence electrons. The van der Waals surface area contributed by atoms with Crippen molar-refractivity contribution in [2.24, 2.45) is 4.99 Å². The number of carbonyl (C=O) groups is 1. The SMILES string of the molecule is C=CC[C@]1(C(=O)NCc2ccc(F)c(F)c2)COC(c2ccc(OCCCO)cc2)=N1. The summed E-state index contributed by atoms with van der Waals surface area (Å²) in [6.07, 6.45) is 2.38. The van der Waals surface area contributed by atoms with Crippen LogP contribution >= 0.6 is 0 Å². The van der Waals surface area contributed by atoms with E-state index in [1.807, 2.05) is 0 Å². The summed E-state index contributed by atoms with van der Waals surface area (Å²) in [5.74, 6) is -1.33. The lowest BCUT2D eigenvalue weighted by Gasteiger charge is -2.21. The van der Waals surface area contributed by atoms with E-state index < -0.39 is 23.1 Å². The van der Waals surface area contributed by atoms with E-state index >= 15 is 0 Å². The monoisotopic (exact) mass is 430 g/mol. The van der Waals surface area contributed by atoms with Gasteiger partial charge in [0.05, 0.1) is 6.61 Å². The van der Waals surface area contributed by atoms with E-state index in [9.17, 15) is 13.6 Å². The second-order valence-electron chi connectivity index (χ2n) is 7.11. The van der Waals surface area contributed by atoms with E-state index in [0.29, 0.717) is 35.8 Å². The lowest BCUT2D eigenvalue weighted by atomic mass is 9.96. The van der Waals surface area contributed by atoms with Gasteiger partial charge in [-0.1, -0.05) is 12.1 Å². The number of halogens is 2. The number of hydrogen-bond donors (Lipinski definition) is 2. The topological polar surface area (TPSA) is 80.2 Å². The fourth-order valence-electron chi connectivity index (χ4n) is 3.09. The van der Waals surface area contributed by atoms with Crippen molar-refractivity contribution >= 4 is 11.8 Å². The van der Waals surface area contributed by atoms with Crippen LogP contribution in [0.3, 0.4) is 0 Å². The largest absolute Gasteiger partial charge is 0.494 e. The van der Waals surface area contributed by atoms with Crippen LogP contribution in [0.1, 0.15) is 24.0 Å².